The maximum atomic E-state index is 2.54. The van der Waals surface area contributed by atoms with Gasteiger partial charge in [0.15, 0.2) is 0 Å². The molecule has 0 aromatic rings. The van der Waals surface area contributed by atoms with E-state index in [1.54, 1.807) is 5.57 Å². The molecule has 0 saturated carbocycles. The second-order valence-corrected chi connectivity index (χ2v) is 12.0. The zero-order valence-corrected chi connectivity index (χ0v) is 11.6. The minimum Gasteiger partial charge on any atom is -0.0856 e. The van der Waals surface area contributed by atoms with E-state index in [9.17, 15) is 0 Å². The molecule has 0 bridgehead atoms. The normalized spacial score (nSPS) is 19.4. The van der Waals surface area contributed by atoms with E-state index >= 15 is 0 Å². The van der Waals surface area contributed by atoms with Gasteiger partial charge in [0, 0.05) is 0 Å². The Morgan fingerprint density at radius 1 is 1.21 bits per heavy atom. The molecule has 0 atom stereocenters. The maximum Gasteiger partial charge on any atom is 0.0568 e. The van der Waals surface area contributed by atoms with Crippen molar-refractivity contribution in [2.75, 3.05) is 0 Å². The smallest absolute Gasteiger partial charge is 0.0568 e. The molecular formula is C13H26Si. The Morgan fingerprint density at radius 3 is 2.29 bits per heavy atom. The van der Waals surface area contributed by atoms with E-state index in [1.807, 2.05) is 0 Å². The molecule has 1 aliphatic rings. The monoisotopic (exact) mass is 210 g/mol. The molecule has 1 heteroatoms. The summed E-state index contributed by atoms with van der Waals surface area (Å²) in [6.07, 6.45) is 8.09. The van der Waals surface area contributed by atoms with Crippen molar-refractivity contribution >= 4 is 8.07 Å². The van der Waals surface area contributed by atoms with Crippen LogP contribution in [-0.2, 0) is 0 Å². The molecule has 82 valence electrons. The van der Waals surface area contributed by atoms with Gasteiger partial charge in [0.1, 0.15) is 0 Å². The van der Waals surface area contributed by atoms with Crippen LogP contribution in [0, 0.1) is 0 Å². The molecule has 0 radical (unpaired) electrons. The third kappa shape index (κ3) is 2.98. The highest BCUT2D eigenvalue weighted by Gasteiger charge is 2.35. The van der Waals surface area contributed by atoms with Crippen molar-refractivity contribution < 1.29 is 0 Å². The van der Waals surface area contributed by atoms with Crippen LogP contribution < -0.4 is 0 Å². The Bertz CT molecular complexity index is 218. The molecule has 14 heavy (non-hydrogen) atoms. The average molecular weight is 210 g/mol. The number of rotatable bonds is 2. The second kappa shape index (κ2) is 4.22. The molecule has 0 heterocycles. The van der Waals surface area contributed by atoms with Crippen molar-refractivity contribution in [3.05, 3.63) is 11.6 Å². The van der Waals surface area contributed by atoms with Crippen molar-refractivity contribution in [3.63, 3.8) is 0 Å². The van der Waals surface area contributed by atoms with Crippen LogP contribution in [0.15, 0.2) is 11.6 Å². The fourth-order valence-corrected chi connectivity index (χ4v) is 3.88. The first kappa shape index (κ1) is 12.0. The van der Waals surface area contributed by atoms with Crippen molar-refractivity contribution in [2.45, 2.75) is 70.6 Å². The van der Waals surface area contributed by atoms with Gasteiger partial charge < -0.3 is 0 Å². The zero-order chi connectivity index (χ0) is 10.8. The number of hydrogen-bond acceptors (Lipinski definition) is 0. The third-order valence-corrected chi connectivity index (χ3v) is 9.48. The van der Waals surface area contributed by atoms with E-state index in [0.717, 1.165) is 0 Å². The molecule has 1 rings (SSSR count). The van der Waals surface area contributed by atoms with E-state index in [1.165, 1.54) is 31.7 Å². The summed E-state index contributed by atoms with van der Waals surface area (Å²) in [5, 5.41) is 0.547. The molecule has 0 saturated heterocycles. The SMILES string of the molecule is CC(C)(C)[Si](C)(C)CC1=CCCCC1. The molecule has 0 nitrogen and oxygen atoms in total. The Morgan fingerprint density at radius 2 is 1.86 bits per heavy atom. The number of allylic oxidation sites excluding steroid dienone is 2. The van der Waals surface area contributed by atoms with Crippen LogP contribution in [0.2, 0.25) is 24.2 Å². The highest BCUT2D eigenvalue weighted by Crippen LogP contribution is 2.41. The van der Waals surface area contributed by atoms with Crippen LogP contribution >= 0.6 is 0 Å². The lowest BCUT2D eigenvalue weighted by Gasteiger charge is -2.38. The van der Waals surface area contributed by atoms with Crippen molar-refractivity contribution in [3.8, 4) is 0 Å². The van der Waals surface area contributed by atoms with Gasteiger partial charge >= 0.3 is 0 Å². The van der Waals surface area contributed by atoms with E-state index in [2.05, 4.69) is 39.9 Å². The molecule has 0 fully saturated rings. The lowest BCUT2D eigenvalue weighted by molar-refractivity contribution is 0.683. The van der Waals surface area contributed by atoms with Gasteiger partial charge in [0.25, 0.3) is 0 Å². The first-order valence-corrected chi connectivity index (χ1v) is 9.21. The van der Waals surface area contributed by atoms with Crippen LogP contribution in [0.3, 0.4) is 0 Å². The van der Waals surface area contributed by atoms with Crippen LogP contribution in [0.4, 0.5) is 0 Å². The lowest BCUT2D eigenvalue weighted by Crippen LogP contribution is -2.37. The first-order valence-electron chi connectivity index (χ1n) is 6.01. The predicted octanol–water partition coefficient (Wildman–Crippen LogP) is 5.00. The summed E-state index contributed by atoms with van der Waals surface area (Å²) < 4.78 is 0. The largest absolute Gasteiger partial charge is 0.0856 e. The summed E-state index contributed by atoms with van der Waals surface area (Å²) in [5.74, 6) is 0. The second-order valence-electron chi connectivity index (χ2n) is 6.42. The quantitative estimate of drug-likeness (QED) is 0.445. The van der Waals surface area contributed by atoms with Gasteiger partial charge in [0.2, 0.25) is 0 Å². The molecule has 0 aromatic heterocycles. The fourth-order valence-electron chi connectivity index (χ4n) is 1.90. The Labute approximate surface area is 90.8 Å². The van der Waals surface area contributed by atoms with Gasteiger partial charge in [-0.1, -0.05) is 45.5 Å². The first-order chi connectivity index (χ1) is 6.33. The van der Waals surface area contributed by atoms with Gasteiger partial charge in [-0.3, -0.25) is 0 Å². The molecular weight excluding hydrogens is 184 g/mol. The maximum absolute atomic E-state index is 2.54. The number of hydrogen-bond donors (Lipinski definition) is 0. The van der Waals surface area contributed by atoms with Crippen LogP contribution in [0.5, 0.6) is 0 Å². The summed E-state index contributed by atoms with van der Waals surface area (Å²) in [6, 6.07) is 1.43. The minimum absolute atomic E-state index is 0.547. The molecule has 0 aromatic carbocycles. The predicted molar refractivity (Wildman–Crippen MR) is 68.6 cm³/mol. The molecule has 0 amide bonds. The van der Waals surface area contributed by atoms with E-state index < -0.39 is 8.07 Å². The van der Waals surface area contributed by atoms with Gasteiger partial charge in [-0.2, -0.15) is 0 Å². The van der Waals surface area contributed by atoms with Gasteiger partial charge in [-0.15, -0.1) is 0 Å². The van der Waals surface area contributed by atoms with Crippen molar-refractivity contribution in [1.29, 1.82) is 0 Å². The molecule has 1 aliphatic carbocycles. The van der Waals surface area contributed by atoms with Crippen LogP contribution in [0.1, 0.15) is 46.5 Å². The molecule has 0 unspecified atom stereocenters. The highest BCUT2D eigenvalue weighted by atomic mass is 28.3. The summed E-state index contributed by atoms with van der Waals surface area (Å²) >= 11 is 0. The zero-order valence-electron chi connectivity index (χ0n) is 10.6. The summed E-state index contributed by atoms with van der Waals surface area (Å²) in [7, 11) is -1.06. The van der Waals surface area contributed by atoms with Crippen molar-refractivity contribution in [1.82, 2.24) is 0 Å². The highest BCUT2D eigenvalue weighted by molar-refractivity contribution is 6.80. The van der Waals surface area contributed by atoms with E-state index in [4.69, 9.17) is 0 Å². The Balaban J connectivity index is 2.62. The topological polar surface area (TPSA) is 0 Å². The average Bonchev–Trinajstić information content (AvgIpc) is 2.03. The fraction of sp³-hybridized carbons (Fsp3) is 0.846. The minimum atomic E-state index is -1.06. The van der Waals surface area contributed by atoms with Gasteiger partial charge in [0.05, 0.1) is 8.07 Å². The standard InChI is InChI=1S/C13H26Si/c1-13(2,3)14(4,5)11-12-9-7-6-8-10-12/h9H,6-8,10-11H2,1-5H3. The molecule has 0 spiro atoms. The van der Waals surface area contributed by atoms with Crippen LogP contribution in [0.25, 0.3) is 0 Å². The molecule has 0 N–H and O–H groups in total. The summed E-state index contributed by atoms with van der Waals surface area (Å²) in [4.78, 5) is 0. The van der Waals surface area contributed by atoms with Crippen molar-refractivity contribution in [2.24, 2.45) is 0 Å². The Kier molecular flexibility index (Phi) is 3.62. The summed E-state index contributed by atoms with van der Waals surface area (Å²) in [6.45, 7) is 12.3. The van der Waals surface area contributed by atoms with Gasteiger partial charge in [-0.05, 0) is 36.8 Å². The third-order valence-electron chi connectivity index (χ3n) is 4.08. The van der Waals surface area contributed by atoms with Gasteiger partial charge in [-0.25, -0.2) is 0 Å². The Hall–Kier alpha value is -0.0431. The molecule has 0 aliphatic heterocycles. The summed E-state index contributed by atoms with van der Waals surface area (Å²) in [5.41, 5.74) is 1.77. The van der Waals surface area contributed by atoms with E-state index in [0.29, 0.717) is 5.04 Å². The lowest BCUT2D eigenvalue weighted by atomic mass is 10.0. The van der Waals surface area contributed by atoms with Crippen LogP contribution in [-0.4, -0.2) is 8.07 Å². The van der Waals surface area contributed by atoms with E-state index in [-0.39, 0.29) is 0 Å².